The number of hydrogen-bond donors (Lipinski definition) is 2. The fraction of sp³-hybridized carbons (Fsp3) is 0.562. The minimum absolute atomic E-state index is 0.155. The van der Waals surface area contributed by atoms with E-state index in [-0.39, 0.29) is 17.5 Å². The van der Waals surface area contributed by atoms with E-state index in [0.29, 0.717) is 18.5 Å². The van der Waals surface area contributed by atoms with Gasteiger partial charge in [0.2, 0.25) is 0 Å². The first kappa shape index (κ1) is 15.4. The Hall–Kier alpha value is -1.50. The normalized spacial score (nSPS) is 22.2. The molecular formula is C16H21FN2O3. The monoisotopic (exact) mass is 308 g/mol. The van der Waals surface area contributed by atoms with Crippen molar-refractivity contribution >= 4 is 5.91 Å². The van der Waals surface area contributed by atoms with Crippen LogP contribution in [0.15, 0.2) is 12.1 Å². The molecule has 1 fully saturated rings. The Balaban J connectivity index is 1.71. The molecule has 1 atom stereocenters. The van der Waals surface area contributed by atoms with Crippen molar-refractivity contribution in [2.45, 2.75) is 38.3 Å². The highest BCUT2D eigenvalue weighted by atomic mass is 19.1. The molecule has 22 heavy (non-hydrogen) atoms. The van der Waals surface area contributed by atoms with E-state index >= 15 is 0 Å². The number of halogens is 1. The summed E-state index contributed by atoms with van der Waals surface area (Å²) in [6.45, 7) is 3.03. The summed E-state index contributed by atoms with van der Waals surface area (Å²) in [4.78, 5) is 13.6. The molecule has 0 aliphatic carbocycles. The summed E-state index contributed by atoms with van der Waals surface area (Å²) in [7, 11) is 0. The molecule has 0 spiro atoms. The Morgan fingerprint density at radius 3 is 3.05 bits per heavy atom. The van der Waals surface area contributed by atoms with Crippen LogP contribution >= 0.6 is 0 Å². The molecule has 2 N–H and O–H groups in total. The van der Waals surface area contributed by atoms with Crippen molar-refractivity contribution in [3.05, 3.63) is 34.6 Å². The zero-order chi connectivity index (χ0) is 15.5. The highest BCUT2D eigenvalue weighted by Gasteiger charge is 2.24. The molecule has 1 aromatic rings. The maximum absolute atomic E-state index is 14.3. The molecule has 5 nitrogen and oxygen atoms in total. The van der Waals surface area contributed by atoms with E-state index in [1.807, 2.05) is 0 Å². The summed E-state index contributed by atoms with van der Waals surface area (Å²) in [5, 5.41) is 8.66. The van der Waals surface area contributed by atoms with Crippen LogP contribution in [0.1, 0.15) is 40.7 Å². The lowest BCUT2D eigenvalue weighted by atomic mass is 9.95. The maximum atomic E-state index is 14.3. The van der Waals surface area contributed by atoms with Gasteiger partial charge in [0.05, 0.1) is 6.10 Å². The number of benzene rings is 1. The first-order chi connectivity index (χ1) is 10.7. The van der Waals surface area contributed by atoms with Gasteiger partial charge in [0.1, 0.15) is 5.82 Å². The van der Waals surface area contributed by atoms with E-state index < -0.39 is 5.91 Å². The Labute approximate surface area is 129 Å². The number of carbonyl (C=O) groups excluding carboxylic acids is 1. The first-order valence-corrected chi connectivity index (χ1v) is 7.77. The van der Waals surface area contributed by atoms with Gasteiger partial charge in [-0.05, 0) is 43.4 Å². The Morgan fingerprint density at radius 2 is 2.32 bits per heavy atom. The largest absolute Gasteiger partial charge is 0.377 e. The predicted molar refractivity (Wildman–Crippen MR) is 78.2 cm³/mol. The molecule has 0 aromatic heterocycles. The van der Waals surface area contributed by atoms with Crippen LogP contribution < -0.4 is 5.48 Å². The van der Waals surface area contributed by atoms with Gasteiger partial charge in [-0.25, -0.2) is 9.87 Å². The SMILES string of the molecule is O=C(NO)c1cc(F)c2c(c1)CCN(C[C@@H]1CCCCO1)C2. The molecule has 1 saturated heterocycles. The molecule has 3 rings (SSSR count). The number of carbonyl (C=O) groups is 1. The van der Waals surface area contributed by atoms with Gasteiger partial charge in [0, 0.05) is 37.4 Å². The lowest BCUT2D eigenvalue weighted by molar-refractivity contribution is -0.00822. The number of ether oxygens (including phenoxy) is 1. The molecule has 6 heteroatoms. The van der Waals surface area contributed by atoms with Crippen LogP contribution in [0.2, 0.25) is 0 Å². The second-order valence-corrected chi connectivity index (χ2v) is 6.01. The van der Waals surface area contributed by atoms with Gasteiger partial charge in [-0.2, -0.15) is 0 Å². The van der Waals surface area contributed by atoms with Gasteiger partial charge in [-0.1, -0.05) is 0 Å². The second kappa shape index (κ2) is 6.73. The number of amides is 1. The van der Waals surface area contributed by atoms with Gasteiger partial charge in [0.25, 0.3) is 5.91 Å². The smallest absolute Gasteiger partial charge is 0.274 e. The number of nitrogens with zero attached hydrogens (tertiary/aromatic N) is 1. The van der Waals surface area contributed by atoms with Crippen LogP contribution in [0.5, 0.6) is 0 Å². The Bertz CT molecular complexity index is 559. The average molecular weight is 308 g/mol. The fourth-order valence-corrected chi connectivity index (χ4v) is 3.27. The van der Waals surface area contributed by atoms with Crippen LogP contribution in [0.25, 0.3) is 0 Å². The highest BCUT2D eigenvalue weighted by molar-refractivity contribution is 5.93. The van der Waals surface area contributed by atoms with E-state index in [9.17, 15) is 9.18 Å². The van der Waals surface area contributed by atoms with E-state index in [1.165, 1.54) is 12.5 Å². The van der Waals surface area contributed by atoms with E-state index in [1.54, 1.807) is 11.5 Å². The van der Waals surface area contributed by atoms with Crippen molar-refractivity contribution in [2.75, 3.05) is 19.7 Å². The minimum Gasteiger partial charge on any atom is -0.377 e. The third-order valence-electron chi connectivity index (χ3n) is 4.47. The van der Waals surface area contributed by atoms with Crippen molar-refractivity contribution in [3.63, 3.8) is 0 Å². The van der Waals surface area contributed by atoms with Gasteiger partial charge >= 0.3 is 0 Å². The Kier molecular flexibility index (Phi) is 4.71. The topological polar surface area (TPSA) is 61.8 Å². The van der Waals surface area contributed by atoms with Crippen LogP contribution in [-0.4, -0.2) is 41.8 Å². The van der Waals surface area contributed by atoms with Crippen molar-refractivity contribution in [2.24, 2.45) is 0 Å². The summed E-state index contributed by atoms with van der Waals surface area (Å²) < 4.78 is 20.0. The van der Waals surface area contributed by atoms with Crippen LogP contribution in [0.4, 0.5) is 4.39 Å². The van der Waals surface area contributed by atoms with Gasteiger partial charge in [-0.15, -0.1) is 0 Å². The molecule has 0 saturated carbocycles. The maximum Gasteiger partial charge on any atom is 0.274 e. The third kappa shape index (κ3) is 3.29. The van der Waals surface area contributed by atoms with Crippen molar-refractivity contribution in [1.82, 2.24) is 10.4 Å². The van der Waals surface area contributed by atoms with Crippen molar-refractivity contribution < 1.29 is 19.1 Å². The molecule has 0 unspecified atom stereocenters. The summed E-state index contributed by atoms with van der Waals surface area (Å²) in [6.07, 6.45) is 4.34. The first-order valence-electron chi connectivity index (χ1n) is 7.77. The second-order valence-electron chi connectivity index (χ2n) is 6.01. The average Bonchev–Trinajstić information content (AvgIpc) is 2.55. The summed E-state index contributed by atoms with van der Waals surface area (Å²) >= 11 is 0. The quantitative estimate of drug-likeness (QED) is 0.661. The van der Waals surface area contributed by atoms with Crippen molar-refractivity contribution in [3.8, 4) is 0 Å². The number of hydrogen-bond acceptors (Lipinski definition) is 4. The van der Waals surface area contributed by atoms with Gasteiger partial charge < -0.3 is 4.74 Å². The standard InChI is InChI=1S/C16H21FN2O3/c17-15-8-12(16(20)18-21)7-11-4-5-19(10-14(11)15)9-13-3-1-2-6-22-13/h7-8,13,21H,1-6,9-10H2,(H,18,20)/t13-/m0/s1. The number of hydroxylamine groups is 1. The summed E-state index contributed by atoms with van der Waals surface area (Å²) in [5.74, 6) is -1.06. The fourth-order valence-electron chi connectivity index (χ4n) is 3.27. The molecule has 1 aromatic carbocycles. The lowest BCUT2D eigenvalue weighted by Crippen LogP contribution is -2.39. The zero-order valence-corrected chi connectivity index (χ0v) is 12.5. The molecule has 2 aliphatic rings. The van der Waals surface area contributed by atoms with Gasteiger partial charge in [-0.3, -0.25) is 14.9 Å². The number of fused-ring (bicyclic) bond motifs is 1. The van der Waals surface area contributed by atoms with E-state index in [4.69, 9.17) is 9.94 Å². The number of nitrogens with one attached hydrogen (secondary N) is 1. The van der Waals surface area contributed by atoms with Crippen LogP contribution in [0.3, 0.4) is 0 Å². The highest BCUT2D eigenvalue weighted by Crippen LogP contribution is 2.25. The molecule has 120 valence electrons. The minimum atomic E-state index is -0.681. The van der Waals surface area contributed by atoms with Crippen LogP contribution in [0, 0.1) is 5.82 Å². The predicted octanol–water partition coefficient (Wildman–Crippen LogP) is 1.87. The van der Waals surface area contributed by atoms with E-state index in [0.717, 1.165) is 38.1 Å². The zero-order valence-electron chi connectivity index (χ0n) is 12.5. The molecule has 1 amide bonds. The molecule has 0 bridgehead atoms. The lowest BCUT2D eigenvalue weighted by Gasteiger charge is -2.33. The van der Waals surface area contributed by atoms with Crippen LogP contribution in [-0.2, 0) is 17.7 Å². The number of rotatable bonds is 3. The summed E-state index contributed by atoms with van der Waals surface area (Å²) in [6, 6.07) is 2.85. The molecule has 0 radical (unpaired) electrons. The molecule has 2 aliphatic heterocycles. The molecular weight excluding hydrogens is 287 g/mol. The molecule has 2 heterocycles. The third-order valence-corrected chi connectivity index (χ3v) is 4.47. The Morgan fingerprint density at radius 1 is 1.45 bits per heavy atom. The van der Waals surface area contributed by atoms with Gasteiger partial charge in [0.15, 0.2) is 0 Å². The van der Waals surface area contributed by atoms with E-state index in [2.05, 4.69) is 4.90 Å². The summed E-state index contributed by atoms with van der Waals surface area (Å²) in [5.41, 5.74) is 3.20. The van der Waals surface area contributed by atoms with Crippen molar-refractivity contribution in [1.29, 1.82) is 0 Å².